The summed E-state index contributed by atoms with van der Waals surface area (Å²) >= 11 is 0. The third-order valence-electron chi connectivity index (χ3n) is 3.13. The number of aliphatic hydroxyl groups is 1. The Morgan fingerprint density at radius 1 is 0.733 bits per heavy atom. The molecule has 0 spiro atoms. The van der Waals surface area contributed by atoms with E-state index in [2.05, 4.69) is 20.8 Å². The fourth-order valence-electron chi connectivity index (χ4n) is 2.65. The summed E-state index contributed by atoms with van der Waals surface area (Å²) in [5.41, 5.74) is 0. The molecule has 0 heterocycles. The van der Waals surface area contributed by atoms with E-state index in [1.54, 1.807) is 0 Å². The Hall–Kier alpha value is 0.390. The highest BCUT2D eigenvalue weighted by Gasteiger charge is 2.33. The van der Waals surface area contributed by atoms with Crippen molar-refractivity contribution in [1.82, 2.24) is 0 Å². The summed E-state index contributed by atoms with van der Waals surface area (Å²) in [6.45, 7) is 7.36. The van der Waals surface area contributed by atoms with Crippen LogP contribution in [0.3, 0.4) is 0 Å². The van der Waals surface area contributed by atoms with Gasteiger partial charge in [-0.3, -0.25) is 0 Å². The smallest absolute Gasteiger partial charge is 0.0595 e. The van der Waals surface area contributed by atoms with Crippen LogP contribution in [0, 0.1) is 0 Å². The molecular formula is C13H30OP+. The molecule has 0 aliphatic carbocycles. The van der Waals surface area contributed by atoms with E-state index in [0.29, 0.717) is 6.61 Å². The molecule has 0 fully saturated rings. The number of hydrogen-bond acceptors (Lipinski definition) is 1. The Labute approximate surface area is 97.0 Å². The number of rotatable bonds is 10. The zero-order chi connectivity index (χ0) is 11.6. The molecule has 0 saturated heterocycles. The van der Waals surface area contributed by atoms with E-state index in [-0.39, 0.29) is 0 Å². The first kappa shape index (κ1) is 15.4. The molecule has 0 saturated carbocycles. The van der Waals surface area contributed by atoms with Crippen LogP contribution in [0.5, 0.6) is 0 Å². The highest BCUT2D eigenvalue weighted by molar-refractivity contribution is 7.75. The van der Waals surface area contributed by atoms with Gasteiger partial charge in [0, 0.05) is 13.9 Å². The molecule has 0 aliphatic heterocycles. The van der Waals surface area contributed by atoms with Crippen molar-refractivity contribution in [3.63, 3.8) is 0 Å². The van der Waals surface area contributed by atoms with Crippen LogP contribution < -0.4 is 0 Å². The largest absolute Gasteiger partial charge is 0.396 e. The zero-order valence-electron chi connectivity index (χ0n) is 11.0. The van der Waals surface area contributed by atoms with Crippen molar-refractivity contribution in [1.29, 1.82) is 0 Å². The van der Waals surface area contributed by atoms with Crippen molar-refractivity contribution in [2.45, 2.75) is 52.9 Å². The van der Waals surface area contributed by atoms with E-state index in [0.717, 1.165) is 6.42 Å². The monoisotopic (exact) mass is 233 g/mol. The van der Waals surface area contributed by atoms with Crippen molar-refractivity contribution in [2.75, 3.05) is 31.3 Å². The van der Waals surface area contributed by atoms with Gasteiger partial charge in [0.25, 0.3) is 0 Å². The van der Waals surface area contributed by atoms with E-state index >= 15 is 0 Å². The van der Waals surface area contributed by atoms with Gasteiger partial charge in [-0.1, -0.05) is 20.8 Å². The van der Waals surface area contributed by atoms with Gasteiger partial charge in [0.15, 0.2) is 0 Å². The molecule has 0 bridgehead atoms. The molecule has 0 amide bonds. The predicted molar refractivity (Wildman–Crippen MR) is 73.6 cm³/mol. The lowest BCUT2D eigenvalue weighted by Crippen LogP contribution is -2.11. The Bertz CT molecular complexity index is 119. The number of aliphatic hydroxyl groups excluding tert-OH is 1. The first-order valence-electron chi connectivity index (χ1n) is 6.70. The van der Waals surface area contributed by atoms with E-state index in [1.165, 1.54) is 50.3 Å². The summed E-state index contributed by atoms with van der Waals surface area (Å²) < 4.78 is 0. The molecule has 1 N–H and O–H groups in total. The van der Waals surface area contributed by atoms with Crippen LogP contribution in [0.25, 0.3) is 0 Å². The molecule has 0 rings (SSSR count). The van der Waals surface area contributed by atoms with Gasteiger partial charge in [0.2, 0.25) is 0 Å². The second-order valence-corrected chi connectivity index (χ2v) is 9.14. The summed E-state index contributed by atoms with van der Waals surface area (Å²) in [5, 5.41) is 8.87. The molecular weight excluding hydrogens is 203 g/mol. The fraction of sp³-hybridized carbons (Fsp3) is 1.00. The quantitative estimate of drug-likeness (QED) is 0.446. The maximum absolute atomic E-state index is 8.87. The maximum Gasteiger partial charge on any atom is 0.0595 e. The summed E-state index contributed by atoms with van der Waals surface area (Å²) in [5.74, 6) is 0. The van der Waals surface area contributed by atoms with Crippen LogP contribution >= 0.6 is 7.26 Å². The molecule has 1 nitrogen and oxygen atoms in total. The second kappa shape index (κ2) is 9.60. The van der Waals surface area contributed by atoms with Gasteiger partial charge >= 0.3 is 0 Å². The minimum absolute atomic E-state index is 0.379. The van der Waals surface area contributed by atoms with Crippen molar-refractivity contribution in [2.24, 2.45) is 0 Å². The number of unbranched alkanes of at least 4 members (excludes halogenated alkanes) is 1. The molecule has 92 valence electrons. The van der Waals surface area contributed by atoms with Crippen molar-refractivity contribution < 1.29 is 5.11 Å². The zero-order valence-corrected chi connectivity index (χ0v) is 11.9. The SMILES string of the molecule is CCC[P+](CCC)(CCC)CCCCO. The Balaban J connectivity index is 4.18. The van der Waals surface area contributed by atoms with Gasteiger partial charge in [-0.05, 0) is 32.1 Å². The average molecular weight is 233 g/mol. The van der Waals surface area contributed by atoms with E-state index < -0.39 is 7.26 Å². The molecule has 0 atom stereocenters. The fourth-order valence-corrected chi connectivity index (χ4v) is 7.73. The topological polar surface area (TPSA) is 20.2 Å². The van der Waals surface area contributed by atoms with Gasteiger partial charge in [-0.15, -0.1) is 0 Å². The Kier molecular flexibility index (Phi) is 9.85. The van der Waals surface area contributed by atoms with Gasteiger partial charge in [0.1, 0.15) is 0 Å². The standard InChI is InChI=1S/C13H30OP/c1-4-10-15(11-5-2,12-6-3)13-8-7-9-14/h14H,4-13H2,1-3H3/q+1. The third kappa shape index (κ3) is 6.53. The summed E-state index contributed by atoms with van der Waals surface area (Å²) in [6, 6.07) is 0. The molecule has 0 aromatic rings. The van der Waals surface area contributed by atoms with Crippen LogP contribution in [-0.2, 0) is 0 Å². The minimum atomic E-state index is -0.637. The van der Waals surface area contributed by atoms with Crippen molar-refractivity contribution >= 4 is 7.26 Å². The lowest BCUT2D eigenvalue weighted by molar-refractivity contribution is 0.287. The lowest BCUT2D eigenvalue weighted by atomic mass is 10.4. The first-order valence-corrected chi connectivity index (χ1v) is 9.23. The van der Waals surface area contributed by atoms with Gasteiger partial charge < -0.3 is 5.11 Å². The minimum Gasteiger partial charge on any atom is -0.396 e. The highest BCUT2D eigenvalue weighted by atomic mass is 31.2. The van der Waals surface area contributed by atoms with Crippen LogP contribution in [-0.4, -0.2) is 36.4 Å². The molecule has 15 heavy (non-hydrogen) atoms. The molecule has 0 radical (unpaired) electrons. The normalized spacial score (nSPS) is 12.0. The van der Waals surface area contributed by atoms with Gasteiger partial charge in [-0.2, -0.15) is 0 Å². The third-order valence-corrected chi connectivity index (χ3v) is 8.59. The predicted octanol–water partition coefficient (Wildman–Crippen LogP) is 4.01. The van der Waals surface area contributed by atoms with Crippen LogP contribution in [0.1, 0.15) is 52.9 Å². The molecule has 2 heteroatoms. The van der Waals surface area contributed by atoms with Crippen molar-refractivity contribution in [3.05, 3.63) is 0 Å². The molecule has 0 unspecified atom stereocenters. The maximum atomic E-state index is 8.87. The van der Waals surface area contributed by atoms with Gasteiger partial charge in [0.05, 0.1) is 24.6 Å². The van der Waals surface area contributed by atoms with Crippen molar-refractivity contribution in [3.8, 4) is 0 Å². The molecule has 0 aromatic carbocycles. The summed E-state index contributed by atoms with van der Waals surface area (Å²) in [7, 11) is -0.637. The van der Waals surface area contributed by atoms with Crippen LogP contribution in [0.4, 0.5) is 0 Å². The lowest BCUT2D eigenvalue weighted by Gasteiger charge is -2.26. The summed E-state index contributed by atoms with van der Waals surface area (Å²) in [6.07, 6.45) is 12.2. The van der Waals surface area contributed by atoms with E-state index in [9.17, 15) is 0 Å². The summed E-state index contributed by atoms with van der Waals surface area (Å²) in [4.78, 5) is 0. The Morgan fingerprint density at radius 3 is 1.53 bits per heavy atom. The van der Waals surface area contributed by atoms with Crippen LogP contribution in [0.2, 0.25) is 0 Å². The first-order chi connectivity index (χ1) is 7.24. The number of hydrogen-bond donors (Lipinski definition) is 1. The Morgan fingerprint density at radius 2 is 1.20 bits per heavy atom. The second-order valence-electron chi connectivity index (χ2n) is 4.67. The highest BCUT2D eigenvalue weighted by Crippen LogP contribution is 2.60. The van der Waals surface area contributed by atoms with Gasteiger partial charge in [-0.25, -0.2) is 0 Å². The average Bonchev–Trinajstić information content (AvgIpc) is 2.19. The van der Waals surface area contributed by atoms with Crippen LogP contribution in [0.15, 0.2) is 0 Å². The molecule has 0 aromatic heterocycles. The van der Waals surface area contributed by atoms with E-state index in [1.807, 2.05) is 0 Å². The molecule has 0 aliphatic rings. The van der Waals surface area contributed by atoms with E-state index in [4.69, 9.17) is 5.11 Å².